The predicted molar refractivity (Wildman–Crippen MR) is 158 cm³/mol. The van der Waals surface area contributed by atoms with Crippen molar-refractivity contribution in [3.63, 3.8) is 0 Å². The monoisotopic (exact) mass is 662 g/mol. The van der Waals surface area contributed by atoms with Gasteiger partial charge in [-0.05, 0) is 88.3 Å². The molecular formula is C29H32Br2N2O4S. The number of methoxy groups -OCH3 is 1. The fourth-order valence-electron chi connectivity index (χ4n) is 4.63. The Balaban J connectivity index is 1.53. The van der Waals surface area contributed by atoms with Gasteiger partial charge in [0.15, 0.2) is 0 Å². The maximum Gasteiger partial charge on any atom is 0.244 e. The molecule has 6 nitrogen and oxygen atoms in total. The van der Waals surface area contributed by atoms with Gasteiger partial charge in [-0.1, -0.05) is 54.0 Å². The van der Waals surface area contributed by atoms with Crippen LogP contribution in [0.15, 0.2) is 80.6 Å². The molecule has 9 heteroatoms. The van der Waals surface area contributed by atoms with Crippen LogP contribution < -0.4 is 9.64 Å². The number of hydrogen-bond donors (Lipinski definition) is 0. The summed E-state index contributed by atoms with van der Waals surface area (Å²) in [5, 5.41) is 0. The van der Waals surface area contributed by atoms with Crippen molar-refractivity contribution in [3.05, 3.63) is 86.8 Å². The second-order valence-corrected chi connectivity index (χ2v) is 13.4. The molecule has 38 heavy (non-hydrogen) atoms. The van der Waals surface area contributed by atoms with Crippen molar-refractivity contribution in [1.29, 1.82) is 0 Å². The highest BCUT2D eigenvalue weighted by Gasteiger charge is 2.35. The largest absolute Gasteiger partial charge is 0.497 e. The number of halogens is 2. The number of carbonyl (C=O) groups is 1. The standard InChI is InChI=1S/C29H32Br2N2O4S/c1-20(2)22-6-4-21(5-7-22)19-33(25-9-11-26(37-3)12-10-25)29(34)23-14-16-32(17-15-23)38(35,36)28-18-24(30)8-13-27(28)31/h4-13,18,20,23H,14-17,19H2,1-3H3. The van der Waals surface area contributed by atoms with Crippen molar-refractivity contribution < 1.29 is 17.9 Å². The molecule has 0 radical (unpaired) electrons. The van der Waals surface area contributed by atoms with Crippen LogP contribution >= 0.6 is 31.9 Å². The molecule has 1 aliphatic heterocycles. The normalized spacial score (nSPS) is 15.0. The van der Waals surface area contributed by atoms with E-state index < -0.39 is 10.0 Å². The lowest BCUT2D eigenvalue weighted by Gasteiger charge is -2.34. The second-order valence-electron chi connectivity index (χ2n) is 9.77. The first kappa shape index (κ1) is 28.8. The van der Waals surface area contributed by atoms with E-state index in [-0.39, 0.29) is 29.8 Å². The summed E-state index contributed by atoms with van der Waals surface area (Å²) >= 11 is 6.74. The smallest absolute Gasteiger partial charge is 0.244 e. The molecule has 1 saturated heterocycles. The molecular weight excluding hydrogens is 632 g/mol. The van der Waals surface area contributed by atoms with Gasteiger partial charge in [0, 0.05) is 33.6 Å². The molecule has 3 aromatic carbocycles. The van der Waals surface area contributed by atoms with Crippen LogP contribution in [0.3, 0.4) is 0 Å². The number of benzene rings is 3. The SMILES string of the molecule is COc1ccc(N(Cc2ccc(C(C)C)cc2)C(=O)C2CCN(S(=O)(=O)c3cc(Br)ccc3Br)CC2)cc1. The highest BCUT2D eigenvalue weighted by atomic mass is 79.9. The zero-order valence-electron chi connectivity index (χ0n) is 21.7. The van der Waals surface area contributed by atoms with E-state index in [1.54, 1.807) is 25.3 Å². The van der Waals surface area contributed by atoms with E-state index in [9.17, 15) is 13.2 Å². The molecule has 1 aliphatic rings. The Morgan fingerprint density at radius 3 is 2.21 bits per heavy atom. The van der Waals surface area contributed by atoms with Crippen LogP contribution in [0.5, 0.6) is 5.75 Å². The van der Waals surface area contributed by atoms with Gasteiger partial charge in [0.05, 0.1) is 18.6 Å². The lowest BCUT2D eigenvalue weighted by Crippen LogP contribution is -2.44. The Kier molecular flexibility index (Phi) is 9.34. The average Bonchev–Trinajstić information content (AvgIpc) is 2.93. The van der Waals surface area contributed by atoms with Gasteiger partial charge in [0.25, 0.3) is 0 Å². The first-order valence-electron chi connectivity index (χ1n) is 12.6. The molecule has 0 saturated carbocycles. The average molecular weight is 664 g/mol. The number of piperidine rings is 1. The summed E-state index contributed by atoms with van der Waals surface area (Å²) in [6.45, 7) is 5.33. The number of nitrogens with zero attached hydrogens (tertiary/aromatic N) is 2. The summed E-state index contributed by atoms with van der Waals surface area (Å²) in [6, 6.07) is 21.0. The number of rotatable bonds is 8. The van der Waals surface area contributed by atoms with Crippen LogP contribution in [0.4, 0.5) is 5.69 Å². The summed E-state index contributed by atoms with van der Waals surface area (Å²) in [7, 11) is -2.07. The summed E-state index contributed by atoms with van der Waals surface area (Å²) < 4.78 is 34.7. The van der Waals surface area contributed by atoms with Gasteiger partial charge >= 0.3 is 0 Å². The van der Waals surface area contributed by atoms with E-state index in [0.717, 1.165) is 17.0 Å². The fraction of sp³-hybridized carbons (Fsp3) is 0.345. The Morgan fingerprint density at radius 1 is 1.00 bits per heavy atom. The molecule has 0 N–H and O–H groups in total. The molecule has 1 amide bonds. The molecule has 0 bridgehead atoms. The van der Waals surface area contributed by atoms with Gasteiger partial charge in [-0.15, -0.1) is 0 Å². The second kappa shape index (κ2) is 12.3. The molecule has 202 valence electrons. The van der Waals surface area contributed by atoms with Crippen molar-refractivity contribution in [2.45, 2.75) is 44.0 Å². The van der Waals surface area contributed by atoms with Crippen molar-refractivity contribution >= 4 is 53.5 Å². The lowest BCUT2D eigenvalue weighted by molar-refractivity contribution is -0.123. The fourth-order valence-corrected chi connectivity index (χ4v) is 7.56. The maximum atomic E-state index is 13.9. The lowest BCUT2D eigenvalue weighted by atomic mass is 9.95. The van der Waals surface area contributed by atoms with Crippen LogP contribution in [-0.4, -0.2) is 38.8 Å². The van der Waals surface area contributed by atoms with Gasteiger partial charge in [0.2, 0.25) is 15.9 Å². The van der Waals surface area contributed by atoms with Crippen LogP contribution in [0.2, 0.25) is 0 Å². The number of hydrogen-bond acceptors (Lipinski definition) is 4. The summed E-state index contributed by atoms with van der Waals surface area (Å²) in [6.07, 6.45) is 0.922. The molecule has 1 heterocycles. The molecule has 0 unspecified atom stereocenters. The van der Waals surface area contributed by atoms with Crippen LogP contribution in [0.25, 0.3) is 0 Å². The van der Waals surface area contributed by atoms with Gasteiger partial charge in [-0.25, -0.2) is 8.42 Å². The highest BCUT2D eigenvalue weighted by molar-refractivity contribution is 9.11. The zero-order valence-corrected chi connectivity index (χ0v) is 25.7. The predicted octanol–water partition coefficient (Wildman–Crippen LogP) is 6.98. The molecule has 3 aromatic rings. The van der Waals surface area contributed by atoms with Crippen LogP contribution in [-0.2, 0) is 21.4 Å². The Bertz CT molecular complexity index is 1370. The van der Waals surface area contributed by atoms with Crippen molar-refractivity contribution in [2.75, 3.05) is 25.1 Å². The van der Waals surface area contributed by atoms with Gasteiger partial charge in [-0.2, -0.15) is 4.31 Å². The van der Waals surface area contributed by atoms with E-state index in [4.69, 9.17) is 4.74 Å². The number of amides is 1. The molecule has 0 aliphatic carbocycles. The third-order valence-electron chi connectivity index (χ3n) is 6.95. The van der Waals surface area contributed by atoms with Gasteiger partial charge in [-0.3, -0.25) is 4.79 Å². The van der Waals surface area contributed by atoms with Crippen LogP contribution in [0.1, 0.15) is 43.7 Å². The van der Waals surface area contributed by atoms with Crippen LogP contribution in [0, 0.1) is 5.92 Å². The summed E-state index contributed by atoms with van der Waals surface area (Å²) in [5.74, 6) is 0.885. The third-order valence-corrected chi connectivity index (χ3v) is 10.3. The van der Waals surface area contributed by atoms with E-state index in [0.29, 0.717) is 34.2 Å². The van der Waals surface area contributed by atoms with E-state index in [1.165, 1.54) is 9.87 Å². The third kappa shape index (κ3) is 6.50. The minimum Gasteiger partial charge on any atom is -0.497 e. The molecule has 4 rings (SSSR count). The highest BCUT2D eigenvalue weighted by Crippen LogP contribution is 2.32. The molecule has 0 aromatic heterocycles. The Hall–Kier alpha value is -2.20. The molecule has 0 atom stereocenters. The zero-order chi connectivity index (χ0) is 27.4. The first-order valence-corrected chi connectivity index (χ1v) is 15.6. The van der Waals surface area contributed by atoms with Gasteiger partial charge in [0.1, 0.15) is 5.75 Å². The Morgan fingerprint density at radius 2 is 1.63 bits per heavy atom. The minimum absolute atomic E-state index is 0.00351. The number of ether oxygens (including phenoxy) is 1. The maximum absolute atomic E-state index is 13.9. The van der Waals surface area contributed by atoms with Crippen molar-refractivity contribution in [3.8, 4) is 5.75 Å². The Labute approximate surface area is 242 Å². The number of sulfonamides is 1. The summed E-state index contributed by atoms with van der Waals surface area (Å²) in [4.78, 5) is 15.9. The van der Waals surface area contributed by atoms with E-state index in [2.05, 4.69) is 70.0 Å². The van der Waals surface area contributed by atoms with E-state index >= 15 is 0 Å². The van der Waals surface area contributed by atoms with E-state index in [1.807, 2.05) is 29.2 Å². The first-order chi connectivity index (χ1) is 18.1. The van der Waals surface area contributed by atoms with Crippen molar-refractivity contribution in [1.82, 2.24) is 4.31 Å². The number of carbonyl (C=O) groups excluding carboxylic acids is 1. The molecule has 0 spiro atoms. The quantitative estimate of drug-likeness (QED) is 0.261. The molecule has 1 fully saturated rings. The summed E-state index contributed by atoms with van der Waals surface area (Å²) in [5.41, 5.74) is 3.08. The minimum atomic E-state index is -3.69. The topological polar surface area (TPSA) is 66.9 Å². The number of anilines is 1. The van der Waals surface area contributed by atoms with Gasteiger partial charge < -0.3 is 9.64 Å². The van der Waals surface area contributed by atoms with Crippen molar-refractivity contribution in [2.24, 2.45) is 5.92 Å².